The second-order valence-electron chi connectivity index (χ2n) is 5.96. The number of nitrogens with zero attached hydrogens (tertiary/aromatic N) is 3. The highest BCUT2D eigenvalue weighted by molar-refractivity contribution is 7.99. The molecule has 3 aromatic rings. The molecule has 0 N–H and O–H groups in total. The Morgan fingerprint density at radius 1 is 1.28 bits per heavy atom. The maximum absolute atomic E-state index is 12.4. The summed E-state index contributed by atoms with van der Waals surface area (Å²) in [4.78, 5) is 15.7. The van der Waals surface area contributed by atoms with Gasteiger partial charge in [0.25, 0.3) is 5.22 Å². The van der Waals surface area contributed by atoms with Crippen molar-refractivity contribution < 1.29 is 9.21 Å². The van der Waals surface area contributed by atoms with E-state index in [2.05, 4.69) is 21.6 Å². The van der Waals surface area contributed by atoms with Gasteiger partial charge >= 0.3 is 0 Å². The number of aromatic nitrogens is 2. The number of fused-ring (bicyclic) bond motifs is 1. The van der Waals surface area contributed by atoms with Crippen LogP contribution in [0.3, 0.4) is 0 Å². The third-order valence-corrected chi connectivity index (χ3v) is 6.01. The summed E-state index contributed by atoms with van der Waals surface area (Å²) in [5, 5.41) is 10.6. The lowest BCUT2D eigenvalue weighted by Crippen LogP contribution is -2.36. The third kappa shape index (κ3) is 3.62. The molecule has 3 heterocycles. The first kappa shape index (κ1) is 16.4. The number of amides is 1. The molecule has 5 nitrogen and oxygen atoms in total. The minimum atomic E-state index is 0.108. The van der Waals surface area contributed by atoms with Gasteiger partial charge in [-0.1, -0.05) is 29.5 Å². The van der Waals surface area contributed by atoms with Crippen molar-refractivity contribution in [3.05, 3.63) is 51.7 Å². The van der Waals surface area contributed by atoms with Gasteiger partial charge in [-0.25, -0.2) is 0 Å². The average Bonchev–Trinajstić information content (AvgIpc) is 3.29. The highest BCUT2D eigenvalue weighted by Gasteiger charge is 2.22. The van der Waals surface area contributed by atoms with Crippen molar-refractivity contribution in [2.45, 2.75) is 25.1 Å². The molecule has 1 aliphatic rings. The highest BCUT2D eigenvalue weighted by Crippen LogP contribution is 2.26. The van der Waals surface area contributed by atoms with Crippen LogP contribution >= 0.6 is 23.1 Å². The van der Waals surface area contributed by atoms with Crippen LogP contribution in [0.2, 0.25) is 0 Å². The van der Waals surface area contributed by atoms with Crippen molar-refractivity contribution in [2.75, 3.05) is 12.3 Å². The molecule has 25 heavy (non-hydrogen) atoms. The fourth-order valence-corrected chi connectivity index (χ4v) is 4.31. The molecular weight excluding hydrogens is 354 g/mol. The van der Waals surface area contributed by atoms with E-state index in [4.69, 9.17) is 4.42 Å². The molecule has 2 aromatic heterocycles. The number of carbonyl (C=O) groups excluding carboxylic acids is 1. The van der Waals surface area contributed by atoms with Gasteiger partial charge in [0.1, 0.15) is 0 Å². The maximum atomic E-state index is 12.4. The van der Waals surface area contributed by atoms with E-state index < -0.39 is 0 Å². The van der Waals surface area contributed by atoms with Crippen LogP contribution in [0.5, 0.6) is 0 Å². The van der Waals surface area contributed by atoms with Gasteiger partial charge < -0.3 is 9.32 Å². The molecule has 0 unspecified atom stereocenters. The van der Waals surface area contributed by atoms with Gasteiger partial charge in [0.2, 0.25) is 11.8 Å². The topological polar surface area (TPSA) is 59.2 Å². The number of hydrogen-bond acceptors (Lipinski definition) is 6. The summed E-state index contributed by atoms with van der Waals surface area (Å²) in [5.41, 5.74) is 3.34. The molecule has 0 radical (unpaired) electrons. The molecule has 1 aliphatic heterocycles. The second-order valence-corrected chi connectivity index (χ2v) is 7.89. The van der Waals surface area contributed by atoms with Gasteiger partial charge in [0.15, 0.2) is 0 Å². The molecule has 0 saturated heterocycles. The summed E-state index contributed by atoms with van der Waals surface area (Å²) < 4.78 is 5.66. The molecule has 1 aromatic carbocycles. The van der Waals surface area contributed by atoms with E-state index in [1.54, 1.807) is 11.3 Å². The average molecular weight is 371 g/mol. The largest absolute Gasteiger partial charge is 0.411 e. The van der Waals surface area contributed by atoms with E-state index in [1.807, 2.05) is 36.1 Å². The van der Waals surface area contributed by atoms with Gasteiger partial charge in [0.05, 0.1) is 5.75 Å². The van der Waals surface area contributed by atoms with Crippen LogP contribution in [0.15, 0.2) is 45.4 Å². The van der Waals surface area contributed by atoms with Gasteiger partial charge in [-0.2, -0.15) is 0 Å². The normalized spacial score (nSPS) is 13.7. The molecule has 0 atom stereocenters. The maximum Gasteiger partial charge on any atom is 0.277 e. The Labute approximate surface area is 154 Å². The quantitative estimate of drug-likeness (QED) is 0.653. The van der Waals surface area contributed by atoms with Crippen LogP contribution in [0.25, 0.3) is 11.5 Å². The number of hydrogen-bond donors (Lipinski definition) is 0. The molecule has 1 amide bonds. The number of aryl methyl sites for hydroxylation is 1. The van der Waals surface area contributed by atoms with E-state index in [1.165, 1.54) is 27.8 Å². The summed E-state index contributed by atoms with van der Waals surface area (Å²) in [6.07, 6.45) is 0.946. The van der Waals surface area contributed by atoms with Crippen molar-refractivity contribution in [3.8, 4) is 11.5 Å². The summed E-state index contributed by atoms with van der Waals surface area (Å²) in [6.45, 7) is 3.52. The van der Waals surface area contributed by atoms with Crippen molar-refractivity contribution >= 4 is 29.0 Å². The fraction of sp³-hybridized carbons (Fsp3) is 0.278. The van der Waals surface area contributed by atoms with Crippen LogP contribution in [0.4, 0.5) is 0 Å². The van der Waals surface area contributed by atoms with Crippen LogP contribution in [-0.4, -0.2) is 33.3 Å². The Kier molecular flexibility index (Phi) is 4.59. The smallest absolute Gasteiger partial charge is 0.277 e. The Hall–Kier alpha value is -2.12. The predicted octanol–water partition coefficient (Wildman–Crippen LogP) is 3.78. The van der Waals surface area contributed by atoms with Crippen molar-refractivity contribution in [1.29, 1.82) is 0 Å². The summed E-state index contributed by atoms with van der Waals surface area (Å²) in [6, 6.07) is 10.0. The predicted molar refractivity (Wildman–Crippen MR) is 98.6 cm³/mol. The van der Waals surface area contributed by atoms with Crippen LogP contribution in [0, 0.1) is 6.92 Å². The first-order chi connectivity index (χ1) is 12.2. The Morgan fingerprint density at radius 2 is 2.12 bits per heavy atom. The van der Waals surface area contributed by atoms with Gasteiger partial charge in [-0.3, -0.25) is 4.79 Å². The Bertz CT molecular complexity index is 886. The lowest BCUT2D eigenvalue weighted by molar-refractivity contribution is -0.129. The summed E-state index contributed by atoms with van der Waals surface area (Å²) in [5.74, 6) is 0.905. The van der Waals surface area contributed by atoms with E-state index >= 15 is 0 Å². The molecule has 128 valence electrons. The molecular formula is C18H17N3O2S2. The van der Waals surface area contributed by atoms with Crippen molar-refractivity contribution in [3.63, 3.8) is 0 Å². The number of benzene rings is 1. The molecule has 0 spiro atoms. The van der Waals surface area contributed by atoms with E-state index in [9.17, 15) is 4.79 Å². The van der Waals surface area contributed by atoms with Gasteiger partial charge in [0, 0.05) is 23.5 Å². The molecule has 0 fully saturated rings. The lowest BCUT2D eigenvalue weighted by atomic mass is 10.1. The van der Waals surface area contributed by atoms with Crippen molar-refractivity contribution in [2.24, 2.45) is 0 Å². The molecule has 4 rings (SSSR count). The number of rotatable bonds is 4. The Morgan fingerprint density at radius 3 is 2.96 bits per heavy atom. The van der Waals surface area contributed by atoms with Crippen LogP contribution in [-0.2, 0) is 17.8 Å². The molecule has 0 bridgehead atoms. The molecule has 7 heteroatoms. The SMILES string of the molecule is Cc1ccc(-c2nnc(SCC(=O)N3CCc4sccc4C3)o2)cc1. The summed E-state index contributed by atoms with van der Waals surface area (Å²) >= 11 is 3.07. The zero-order chi connectivity index (χ0) is 17.2. The van der Waals surface area contributed by atoms with Crippen molar-refractivity contribution in [1.82, 2.24) is 15.1 Å². The van der Waals surface area contributed by atoms with E-state index in [0.717, 1.165) is 18.5 Å². The van der Waals surface area contributed by atoms with E-state index in [0.29, 0.717) is 23.4 Å². The summed E-state index contributed by atoms with van der Waals surface area (Å²) in [7, 11) is 0. The van der Waals surface area contributed by atoms with Gasteiger partial charge in [-0.15, -0.1) is 21.5 Å². The lowest BCUT2D eigenvalue weighted by Gasteiger charge is -2.26. The minimum Gasteiger partial charge on any atom is -0.411 e. The van der Waals surface area contributed by atoms with Gasteiger partial charge in [-0.05, 0) is 42.5 Å². The molecule has 0 aliphatic carbocycles. The monoisotopic (exact) mass is 371 g/mol. The van der Waals surface area contributed by atoms with Crippen LogP contribution < -0.4 is 0 Å². The standard InChI is InChI=1S/C18H17N3O2S2/c1-12-2-4-13(5-3-12)17-19-20-18(23-17)25-11-16(22)21-8-6-15-14(10-21)7-9-24-15/h2-5,7,9H,6,8,10-11H2,1H3. The second kappa shape index (κ2) is 7.01. The third-order valence-electron chi connectivity index (χ3n) is 4.18. The molecule has 0 saturated carbocycles. The number of carbonyl (C=O) groups is 1. The first-order valence-electron chi connectivity index (χ1n) is 8.05. The highest BCUT2D eigenvalue weighted by atomic mass is 32.2. The Balaban J connectivity index is 1.36. The number of thioether (sulfide) groups is 1. The fourth-order valence-electron chi connectivity index (χ4n) is 2.76. The first-order valence-corrected chi connectivity index (χ1v) is 9.92. The minimum absolute atomic E-state index is 0.108. The zero-order valence-corrected chi connectivity index (χ0v) is 15.4. The number of thiophene rings is 1. The van der Waals surface area contributed by atoms with Crippen LogP contribution in [0.1, 0.15) is 16.0 Å². The van der Waals surface area contributed by atoms with E-state index in [-0.39, 0.29) is 5.91 Å². The zero-order valence-electron chi connectivity index (χ0n) is 13.8.